The van der Waals surface area contributed by atoms with Crippen molar-refractivity contribution in [1.29, 1.82) is 0 Å². The molecule has 6 aromatic rings. The minimum absolute atomic E-state index is 0.0374. The standard InChI is InChI=1S/C47H47N5O13S4/c1-46(2,3)26-47(4,5)27-16-21-34(36(24-27)66-65-64-54)63-35-25-33(51-67(6,55)56)39-40-38(30-12-7-8-13-31(30)43(39)53)41(45-49-32-14-9-10-15-37(32)68(57,58)52-45)44(50-42(35)40)48-22-11-23-62-28-17-19-29(20-18-28)69(59,60)61/h7-10,12-21,24-25,51,54H,11,22-23,26H2,1-6H3,(H,48,50)(H,49,52)(H,59,60,61). The number of ether oxygens (including phenoxy) is 2. The number of carbonyl (C=O) groups excluding carboxylic acids is 1. The van der Waals surface area contributed by atoms with Crippen LogP contribution in [0.5, 0.6) is 17.2 Å². The van der Waals surface area contributed by atoms with E-state index in [1.54, 1.807) is 48.5 Å². The second-order valence-electron chi connectivity index (χ2n) is 18.2. The summed E-state index contributed by atoms with van der Waals surface area (Å²) in [7, 11) is -12.7. The van der Waals surface area contributed by atoms with Gasteiger partial charge in [-0.15, -0.1) is 4.33 Å². The van der Waals surface area contributed by atoms with E-state index >= 15 is 0 Å². The van der Waals surface area contributed by atoms with Crippen molar-refractivity contribution in [3.8, 4) is 28.4 Å². The molecular weight excluding hydrogens is 971 g/mol. The zero-order valence-corrected chi connectivity index (χ0v) is 41.2. The van der Waals surface area contributed by atoms with Gasteiger partial charge in [-0.1, -0.05) is 82.1 Å². The van der Waals surface area contributed by atoms with Gasteiger partial charge in [-0.05, 0) is 83.3 Å². The Balaban J connectivity index is 1.35. The van der Waals surface area contributed by atoms with E-state index in [0.29, 0.717) is 34.7 Å². The number of hydrogen-bond donors (Lipinski definition) is 5. The number of fused-ring (bicyclic) bond motifs is 3. The van der Waals surface area contributed by atoms with Crippen molar-refractivity contribution in [2.24, 2.45) is 10.4 Å². The first-order valence-electron chi connectivity index (χ1n) is 21.2. The van der Waals surface area contributed by atoms with E-state index in [0.717, 1.165) is 18.2 Å². The highest BCUT2D eigenvalue weighted by atomic mass is 32.2. The highest BCUT2D eigenvalue weighted by Gasteiger charge is 2.38. The van der Waals surface area contributed by atoms with E-state index in [4.69, 9.17) is 23.8 Å². The summed E-state index contributed by atoms with van der Waals surface area (Å²) in [6.45, 7) is 10.8. The molecule has 1 aliphatic heterocycles. The number of aliphatic imine (C=N–C) groups is 1. The molecule has 1 aromatic heterocycles. The number of pyridine rings is 1. The zero-order valence-electron chi connectivity index (χ0n) is 38.0. The topological polar surface area (TPSA) is 258 Å². The van der Waals surface area contributed by atoms with Gasteiger partial charge in [0.05, 0.1) is 57.2 Å². The Labute approximate surface area is 403 Å². The van der Waals surface area contributed by atoms with E-state index in [9.17, 15) is 39.9 Å². The van der Waals surface area contributed by atoms with Crippen LogP contribution in [0, 0.1) is 5.41 Å². The minimum Gasteiger partial charge on any atom is -0.494 e. The van der Waals surface area contributed by atoms with Gasteiger partial charge in [0, 0.05) is 29.1 Å². The number of benzene rings is 5. The average molecular weight is 1020 g/mol. The summed E-state index contributed by atoms with van der Waals surface area (Å²) in [5, 5.41) is 16.7. The van der Waals surface area contributed by atoms with E-state index in [1.807, 2.05) is 12.1 Å². The van der Waals surface area contributed by atoms with Crippen LogP contribution in [0.1, 0.15) is 74.5 Å². The maximum absolute atomic E-state index is 14.8. The van der Waals surface area contributed by atoms with Crippen LogP contribution in [0.25, 0.3) is 22.0 Å². The third kappa shape index (κ3) is 10.6. The molecule has 0 unspecified atom stereocenters. The van der Waals surface area contributed by atoms with E-state index < -0.39 is 35.9 Å². The van der Waals surface area contributed by atoms with Gasteiger partial charge in [0.2, 0.25) is 10.0 Å². The number of hydrogen-bond acceptors (Lipinski definition) is 16. The highest BCUT2D eigenvalue weighted by molar-refractivity contribution is 7.94. The van der Waals surface area contributed by atoms with Crippen LogP contribution in [-0.4, -0.2) is 71.1 Å². The quantitative estimate of drug-likeness (QED) is 0.0187. The Hall–Kier alpha value is -6.11. The maximum Gasteiger partial charge on any atom is 0.294 e. The molecule has 362 valence electrons. The number of amidine groups is 1. The Morgan fingerprint density at radius 2 is 1.54 bits per heavy atom. The number of ketones is 1. The number of nitrogens with zero attached hydrogens (tertiary/aromatic N) is 2. The monoisotopic (exact) mass is 1020 g/mol. The smallest absolute Gasteiger partial charge is 0.294 e. The van der Waals surface area contributed by atoms with Gasteiger partial charge >= 0.3 is 0 Å². The van der Waals surface area contributed by atoms with Gasteiger partial charge in [-0.3, -0.25) is 18.8 Å². The number of nitrogens with one attached hydrogen (secondary N) is 3. The van der Waals surface area contributed by atoms with Gasteiger partial charge in [0.15, 0.2) is 17.4 Å². The molecule has 1 aliphatic carbocycles. The highest BCUT2D eigenvalue weighted by Crippen LogP contribution is 2.51. The summed E-state index contributed by atoms with van der Waals surface area (Å²) in [5.41, 5.74) is 1.39. The molecule has 2 heterocycles. The molecule has 8 rings (SSSR count). The van der Waals surface area contributed by atoms with Crippen LogP contribution >= 0.6 is 12.0 Å². The molecule has 18 nitrogen and oxygen atoms in total. The van der Waals surface area contributed by atoms with Crippen LogP contribution < -0.4 is 24.2 Å². The van der Waals surface area contributed by atoms with Crippen LogP contribution in [0.2, 0.25) is 0 Å². The second-order valence-corrected chi connectivity index (χ2v) is 23.8. The van der Waals surface area contributed by atoms with Gasteiger partial charge in [0.25, 0.3) is 20.1 Å². The van der Waals surface area contributed by atoms with Gasteiger partial charge in [-0.2, -0.15) is 8.42 Å². The molecule has 0 atom stereocenters. The molecule has 0 saturated heterocycles. The number of anilines is 2. The molecular formula is C47H47N5O13S4. The third-order valence-electron chi connectivity index (χ3n) is 11.1. The first-order chi connectivity index (χ1) is 32.4. The van der Waals surface area contributed by atoms with E-state index in [1.165, 1.54) is 36.4 Å². The summed E-state index contributed by atoms with van der Waals surface area (Å²) in [6.07, 6.45) is 2.03. The first-order valence-corrected chi connectivity index (χ1v) is 26.8. The summed E-state index contributed by atoms with van der Waals surface area (Å²) >= 11 is 0.655. The average Bonchev–Trinajstić information content (AvgIpc) is 3.26. The molecule has 0 bridgehead atoms. The molecule has 0 radical (unpaired) electrons. The van der Waals surface area contributed by atoms with Crippen molar-refractivity contribution in [2.45, 2.75) is 67.6 Å². The predicted octanol–water partition coefficient (Wildman–Crippen LogP) is 9.25. The molecule has 0 amide bonds. The number of para-hydroxylation sites is 1. The molecule has 22 heteroatoms. The van der Waals surface area contributed by atoms with Gasteiger partial charge in [0.1, 0.15) is 27.7 Å². The van der Waals surface area contributed by atoms with Crippen molar-refractivity contribution in [2.75, 3.05) is 29.4 Å². The number of aromatic nitrogens is 1. The summed E-state index contributed by atoms with van der Waals surface area (Å²) in [5.74, 6) is -0.157. The van der Waals surface area contributed by atoms with E-state index in [-0.39, 0.29) is 101 Å². The minimum atomic E-state index is -4.41. The summed E-state index contributed by atoms with van der Waals surface area (Å²) in [4.78, 5) is 24.6. The fourth-order valence-electron chi connectivity index (χ4n) is 8.73. The molecule has 0 spiro atoms. The lowest BCUT2D eigenvalue weighted by molar-refractivity contribution is -0.432. The van der Waals surface area contributed by atoms with Crippen LogP contribution in [0.4, 0.5) is 17.2 Å². The Kier molecular flexibility index (Phi) is 13.3. The molecule has 5 aromatic carbocycles. The number of sulfonamides is 2. The fraction of sp³-hybridized carbons (Fsp3) is 0.255. The van der Waals surface area contributed by atoms with Crippen LogP contribution in [-0.2, 0) is 45.0 Å². The Morgan fingerprint density at radius 1 is 0.841 bits per heavy atom. The number of carbonyl (C=O) groups is 1. The predicted molar refractivity (Wildman–Crippen MR) is 261 cm³/mol. The molecule has 0 fully saturated rings. The summed E-state index contributed by atoms with van der Waals surface area (Å²) in [6, 6.07) is 24.7. The zero-order chi connectivity index (χ0) is 49.7. The largest absolute Gasteiger partial charge is 0.494 e. The molecule has 69 heavy (non-hydrogen) atoms. The normalized spacial score (nSPS) is 14.3. The number of rotatable bonds is 17. The molecule has 0 saturated carbocycles. The van der Waals surface area contributed by atoms with Crippen LogP contribution in [0.15, 0.2) is 117 Å². The van der Waals surface area contributed by atoms with Crippen molar-refractivity contribution in [3.05, 3.63) is 119 Å². The first kappa shape index (κ1) is 49.3. The van der Waals surface area contributed by atoms with Gasteiger partial charge < -0.3 is 14.8 Å². The van der Waals surface area contributed by atoms with Crippen molar-refractivity contribution in [3.63, 3.8) is 0 Å². The van der Waals surface area contributed by atoms with Crippen molar-refractivity contribution in [1.82, 2.24) is 9.71 Å². The lowest BCUT2D eigenvalue weighted by Gasteiger charge is -2.33. The maximum atomic E-state index is 14.8. The fourth-order valence-corrected chi connectivity index (χ4v) is 11.4. The van der Waals surface area contributed by atoms with Crippen molar-refractivity contribution >= 4 is 81.9 Å². The van der Waals surface area contributed by atoms with E-state index in [2.05, 4.69) is 54.4 Å². The van der Waals surface area contributed by atoms with Crippen molar-refractivity contribution < 1.29 is 58.7 Å². The molecule has 2 aliphatic rings. The lowest BCUT2D eigenvalue weighted by atomic mass is 9.72. The van der Waals surface area contributed by atoms with Gasteiger partial charge in [-0.25, -0.2) is 32.1 Å². The third-order valence-corrected chi connectivity index (χ3v) is 14.6. The lowest BCUT2D eigenvalue weighted by Crippen LogP contribution is -2.35. The molecule has 5 N–H and O–H groups in total. The Bertz CT molecular complexity index is 3410. The second kappa shape index (κ2) is 18.7. The SMILES string of the molecule is CC(C)(C)CC(C)(C)c1ccc(Oc2cc(NS(C)(=O)=O)c3c4c(c(C5=Nc6ccccc6S(=O)(=O)N5)c(NCCCOc5ccc(S(=O)(=O)O)cc5)nc24)-c2ccccc2C3=O)c(SOOO)c1. The van der Waals surface area contributed by atoms with Crippen LogP contribution in [0.3, 0.4) is 0 Å². The Morgan fingerprint density at radius 3 is 2.22 bits per heavy atom. The summed E-state index contributed by atoms with van der Waals surface area (Å²) < 4.78 is 109.